The third-order valence-corrected chi connectivity index (χ3v) is 1.17. The Balaban J connectivity index is 3.54. The molecule has 0 amide bonds. The number of aliphatic carboxylic acids is 1. The first-order chi connectivity index (χ1) is 5.50. The van der Waals surface area contributed by atoms with Crippen LogP contribution in [0.4, 0.5) is 8.78 Å². The standard InChI is InChI=1S/C6H11F2NO3/c7-6(8,5(11)12)4-9-2-1-3-10/h9-10H,1-4H2,(H,11,12). The van der Waals surface area contributed by atoms with E-state index >= 15 is 0 Å². The summed E-state index contributed by atoms with van der Waals surface area (Å²) in [4.78, 5) is 9.85. The van der Waals surface area contributed by atoms with Crippen molar-refractivity contribution in [3.8, 4) is 0 Å². The lowest BCUT2D eigenvalue weighted by molar-refractivity contribution is -0.164. The van der Waals surface area contributed by atoms with Gasteiger partial charge >= 0.3 is 11.9 Å². The van der Waals surface area contributed by atoms with Crippen LogP contribution in [0, 0.1) is 0 Å². The zero-order valence-electron chi connectivity index (χ0n) is 6.39. The molecular weight excluding hydrogens is 172 g/mol. The molecule has 0 aliphatic heterocycles. The average Bonchev–Trinajstić information content (AvgIpc) is 1.98. The van der Waals surface area contributed by atoms with Crippen LogP contribution in [0.5, 0.6) is 0 Å². The minimum absolute atomic E-state index is 0.106. The molecule has 0 spiro atoms. The van der Waals surface area contributed by atoms with Crippen LogP contribution in [0.3, 0.4) is 0 Å². The van der Waals surface area contributed by atoms with Crippen LogP contribution in [-0.4, -0.2) is 41.8 Å². The number of rotatable bonds is 6. The van der Waals surface area contributed by atoms with Crippen molar-refractivity contribution in [2.24, 2.45) is 0 Å². The van der Waals surface area contributed by atoms with Gasteiger partial charge in [-0.1, -0.05) is 0 Å². The first kappa shape index (κ1) is 11.2. The highest BCUT2D eigenvalue weighted by Gasteiger charge is 2.37. The summed E-state index contributed by atoms with van der Waals surface area (Å²) in [6, 6.07) is 0. The fourth-order valence-corrected chi connectivity index (χ4v) is 0.525. The maximum absolute atomic E-state index is 12.2. The molecule has 4 nitrogen and oxygen atoms in total. The van der Waals surface area contributed by atoms with Gasteiger partial charge in [0.2, 0.25) is 0 Å². The van der Waals surface area contributed by atoms with Gasteiger partial charge in [-0.05, 0) is 13.0 Å². The van der Waals surface area contributed by atoms with Crippen molar-refractivity contribution >= 4 is 5.97 Å². The average molecular weight is 183 g/mol. The molecule has 72 valence electrons. The Kier molecular flexibility index (Phi) is 4.68. The van der Waals surface area contributed by atoms with Gasteiger partial charge in [0.05, 0.1) is 6.54 Å². The van der Waals surface area contributed by atoms with Crippen LogP contribution < -0.4 is 5.32 Å². The van der Waals surface area contributed by atoms with Gasteiger partial charge in [-0.2, -0.15) is 8.78 Å². The SMILES string of the molecule is O=C(O)C(F)(F)CNCCCO. The zero-order chi connectivity index (χ0) is 9.61. The molecule has 0 heterocycles. The van der Waals surface area contributed by atoms with E-state index in [2.05, 4.69) is 5.32 Å². The van der Waals surface area contributed by atoms with Gasteiger partial charge in [0.1, 0.15) is 0 Å². The number of carboxylic acids is 1. The molecule has 12 heavy (non-hydrogen) atoms. The Morgan fingerprint density at radius 1 is 1.50 bits per heavy atom. The maximum atomic E-state index is 12.2. The van der Waals surface area contributed by atoms with Crippen molar-refractivity contribution in [3.63, 3.8) is 0 Å². The van der Waals surface area contributed by atoms with E-state index in [0.717, 1.165) is 0 Å². The van der Waals surface area contributed by atoms with Crippen LogP contribution in [-0.2, 0) is 4.79 Å². The van der Waals surface area contributed by atoms with Gasteiger partial charge in [0.25, 0.3) is 0 Å². The van der Waals surface area contributed by atoms with E-state index in [1.807, 2.05) is 0 Å². The molecule has 0 saturated heterocycles. The Morgan fingerprint density at radius 3 is 2.50 bits per heavy atom. The topological polar surface area (TPSA) is 69.6 Å². The monoisotopic (exact) mass is 183 g/mol. The van der Waals surface area contributed by atoms with Gasteiger partial charge in [-0.25, -0.2) is 4.79 Å². The second-order valence-corrected chi connectivity index (χ2v) is 2.26. The molecule has 0 rings (SSSR count). The van der Waals surface area contributed by atoms with Crippen molar-refractivity contribution in [2.75, 3.05) is 19.7 Å². The van der Waals surface area contributed by atoms with Crippen molar-refractivity contribution in [1.82, 2.24) is 5.32 Å². The molecule has 0 aliphatic carbocycles. The lowest BCUT2D eigenvalue weighted by Crippen LogP contribution is -2.40. The quantitative estimate of drug-likeness (QED) is 0.493. The number of hydrogen-bond donors (Lipinski definition) is 3. The summed E-state index contributed by atoms with van der Waals surface area (Å²) in [6.07, 6.45) is 0.329. The van der Waals surface area contributed by atoms with Crippen LogP contribution in [0.2, 0.25) is 0 Å². The Morgan fingerprint density at radius 2 is 2.08 bits per heavy atom. The number of aliphatic hydroxyl groups excluding tert-OH is 1. The zero-order valence-corrected chi connectivity index (χ0v) is 6.39. The van der Waals surface area contributed by atoms with Gasteiger partial charge < -0.3 is 15.5 Å². The molecule has 0 saturated carbocycles. The molecule has 0 fully saturated rings. The summed E-state index contributed by atoms with van der Waals surface area (Å²) in [5, 5.41) is 18.4. The molecule has 0 bridgehead atoms. The highest BCUT2D eigenvalue weighted by Crippen LogP contribution is 2.11. The van der Waals surface area contributed by atoms with Crippen molar-refractivity contribution in [2.45, 2.75) is 12.3 Å². The summed E-state index contributed by atoms with van der Waals surface area (Å²) < 4.78 is 24.5. The number of alkyl halides is 2. The number of hydrogen-bond acceptors (Lipinski definition) is 3. The summed E-state index contributed by atoms with van der Waals surface area (Å²) in [7, 11) is 0. The molecule has 6 heteroatoms. The minimum Gasteiger partial charge on any atom is -0.477 e. The van der Waals surface area contributed by atoms with Crippen molar-refractivity contribution < 1.29 is 23.8 Å². The predicted octanol–water partition coefficient (Wildman–Crippen LogP) is -0.322. The van der Waals surface area contributed by atoms with Gasteiger partial charge in [-0.3, -0.25) is 0 Å². The van der Waals surface area contributed by atoms with E-state index in [-0.39, 0.29) is 13.2 Å². The summed E-state index contributed by atoms with van der Waals surface area (Å²) in [5.41, 5.74) is 0. The fourth-order valence-electron chi connectivity index (χ4n) is 0.525. The second kappa shape index (κ2) is 5.00. The first-order valence-electron chi connectivity index (χ1n) is 3.43. The van der Waals surface area contributed by atoms with Gasteiger partial charge in [0, 0.05) is 6.61 Å². The fraction of sp³-hybridized carbons (Fsp3) is 0.833. The normalized spacial score (nSPS) is 11.6. The number of carboxylic acid groups (broad SMARTS) is 1. The third-order valence-electron chi connectivity index (χ3n) is 1.17. The third kappa shape index (κ3) is 4.20. The Hall–Kier alpha value is -0.750. The molecule has 0 aliphatic rings. The molecule has 0 aromatic rings. The second-order valence-electron chi connectivity index (χ2n) is 2.26. The molecule has 0 atom stereocenters. The molecule has 0 unspecified atom stereocenters. The molecule has 3 N–H and O–H groups in total. The van der Waals surface area contributed by atoms with Crippen molar-refractivity contribution in [3.05, 3.63) is 0 Å². The first-order valence-corrected chi connectivity index (χ1v) is 3.43. The van der Waals surface area contributed by atoms with Crippen LogP contribution in [0.25, 0.3) is 0 Å². The molecule has 0 aromatic carbocycles. The van der Waals surface area contributed by atoms with E-state index in [0.29, 0.717) is 6.42 Å². The summed E-state index contributed by atoms with van der Waals surface area (Å²) in [6.45, 7) is -0.826. The van der Waals surface area contributed by atoms with E-state index in [1.165, 1.54) is 0 Å². The van der Waals surface area contributed by atoms with Crippen LogP contribution >= 0.6 is 0 Å². The summed E-state index contributed by atoms with van der Waals surface area (Å²) >= 11 is 0. The lowest BCUT2D eigenvalue weighted by Gasteiger charge is -2.11. The Labute approximate surface area is 68.2 Å². The highest BCUT2D eigenvalue weighted by molar-refractivity contribution is 5.75. The molecular formula is C6H11F2NO3. The molecule has 0 radical (unpaired) electrons. The van der Waals surface area contributed by atoms with Crippen LogP contribution in [0.15, 0.2) is 0 Å². The minimum atomic E-state index is -3.73. The Bertz CT molecular complexity index is 152. The van der Waals surface area contributed by atoms with E-state index < -0.39 is 18.4 Å². The predicted molar refractivity (Wildman–Crippen MR) is 37.2 cm³/mol. The van der Waals surface area contributed by atoms with E-state index in [9.17, 15) is 13.6 Å². The highest BCUT2D eigenvalue weighted by atomic mass is 19.3. The van der Waals surface area contributed by atoms with Gasteiger partial charge in [0.15, 0.2) is 0 Å². The lowest BCUT2D eigenvalue weighted by atomic mass is 10.3. The number of nitrogens with one attached hydrogen (secondary N) is 1. The molecule has 0 aromatic heterocycles. The largest absolute Gasteiger partial charge is 0.477 e. The number of aliphatic hydroxyl groups is 1. The maximum Gasteiger partial charge on any atom is 0.375 e. The summed E-state index contributed by atoms with van der Waals surface area (Å²) in [5.74, 6) is -5.87. The van der Waals surface area contributed by atoms with E-state index in [4.69, 9.17) is 10.2 Å². The number of halogens is 2. The van der Waals surface area contributed by atoms with Crippen molar-refractivity contribution in [1.29, 1.82) is 0 Å². The number of carbonyl (C=O) groups is 1. The smallest absolute Gasteiger partial charge is 0.375 e. The van der Waals surface area contributed by atoms with Crippen LogP contribution in [0.1, 0.15) is 6.42 Å². The van der Waals surface area contributed by atoms with E-state index in [1.54, 1.807) is 0 Å². The van der Waals surface area contributed by atoms with Gasteiger partial charge in [-0.15, -0.1) is 0 Å².